The predicted octanol–water partition coefficient (Wildman–Crippen LogP) is 5.54. The molecule has 176 valence electrons. The Morgan fingerprint density at radius 2 is 1.55 bits per heavy atom. The van der Waals surface area contributed by atoms with Crippen LogP contribution in [-0.4, -0.2) is 55.2 Å². The Hall–Kier alpha value is -1.75. The van der Waals surface area contributed by atoms with Gasteiger partial charge in [-0.15, -0.1) is 0 Å². The fraction of sp³-hybridized carbons (Fsp3) is 0.586. The molecular weight excluding hydrogens is 411 g/mol. The molecule has 4 aliphatic rings. The molecule has 0 aromatic heterocycles. The first kappa shape index (κ1) is 21.8. The van der Waals surface area contributed by atoms with Crippen molar-refractivity contribution in [2.75, 3.05) is 39.3 Å². The summed E-state index contributed by atoms with van der Waals surface area (Å²) in [5, 5.41) is 0. The van der Waals surface area contributed by atoms with Crippen LogP contribution in [0, 0.1) is 11.7 Å². The Balaban J connectivity index is 1.12. The summed E-state index contributed by atoms with van der Waals surface area (Å²) in [6.07, 6.45) is 9.25. The summed E-state index contributed by atoms with van der Waals surface area (Å²) < 4.78 is 20.9. The molecule has 3 atom stereocenters. The van der Waals surface area contributed by atoms with Gasteiger partial charge in [-0.05, 0) is 66.0 Å². The van der Waals surface area contributed by atoms with E-state index < -0.39 is 0 Å². The molecule has 2 saturated heterocycles. The number of hydrogen-bond acceptors (Lipinski definition) is 3. The molecule has 0 unspecified atom stereocenters. The number of fused-ring (bicyclic) bond motifs is 5. The van der Waals surface area contributed by atoms with Crippen LogP contribution in [-0.2, 0) is 11.2 Å². The van der Waals surface area contributed by atoms with Gasteiger partial charge < -0.3 is 9.64 Å². The van der Waals surface area contributed by atoms with Crippen molar-refractivity contribution in [2.45, 2.75) is 63.1 Å². The van der Waals surface area contributed by atoms with Crippen molar-refractivity contribution < 1.29 is 9.13 Å². The van der Waals surface area contributed by atoms with E-state index in [9.17, 15) is 4.39 Å². The average molecular weight is 449 g/mol. The number of benzene rings is 2. The molecule has 2 aliphatic heterocycles. The monoisotopic (exact) mass is 448 g/mol. The average Bonchev–Trinajstić information content (AvgIpc) is 3.21. The van der Waals surface area contributed by atoms with E-state index >= 15 is 0 Å². The van der Waals surface area contributed by atoms with Gasteiger partial charge in [-0.25, -0.2) is 4.39 Å². The standard InChI is InChI=1S/C29H37FN2O/c30-24-11-10-23-16-22-8-4-5-9-26(22)28-18-25(33-29(28)27(23)17-24)20-32-14-12-31(13-15-32)19-21-6-2-1-3-7-21/h4-5,8-11,17,21,25,28-29H,1-3,6-7,12-16,18-20H2/t25-,28-,29+/m1/s1. The molecule has 2 aromatic carbocycles. The first-order valence-electron chi connectivity index (χ1n) is 13.2. The van der Waals surface area contributed by atoms with E-state index in [4.69, 9.17) is 4.74 Å². The molecule has 1 saturated carbocycles. The van der Waals surface area contributed by atoms with Gasteiger partial charge in [0.2, 0.25) is 0 Å². The van der Waals surface area contributed by atoms with E-state index in [0.717, 1.165) is 44.0 Å². The first-order chi connectivity index (χ1) is 16.2. The molecule has 2 aromatic rings. The molecule has 2 aliphatic carbocycles. The number of hydrogen-bond donors (Lipinski definition) is 0. The van der Waals surface area contributed by atoms with E-state index in [-0.39, 0.29) is 18.0 Å². The summed E-state index contributed by atoms with van der Waals surface area (Å²) in [5.74, 6) is 1.09. The number of ether oxygens (including phenoxy) is 1. The van der Waals surface area contributed by atoms with E-state index in [1.165, 1.54) is 68.4 Å². The first-order valence-corrected chi connectivity index (χ1v) is 13.2. The molecule has 2 heterocycles. The molecule has 0 amide bonds. The highest BCUT2D eigenvalue weighted by Gasteiger charge is 2.41. The van der Waals surface area contributed by atoms with Crippen LogP contribution in [0.15, 0.2) is 42.5 Å². The normalized spacial score (nSPS) is 28.7. The van der Waals surface area contributed by atoms with Crippen LogP contribution in [0.4, 0.5) is 4.39 Å². The lowest BCUT2D eigenvalue weighted by atomic mass is 9.87. The fourth-order valence-electron chi connectivity index (χ4n) is 6.89. The third-order valence-corrected chi connectivity index (χ3v) is 8.64. The van der Waals surface area contributed by atoms with E-state index in [1.54, 1.807) is 12.1 Å². The molecule has 33 heavy (non-hydrogen) atoms. The summed E-state index contributed by atoms with van der Waals surface area (Å²) >= 11 is 0. The second-order valence-corrected chi connectivity index (χ2v) is 10.8. The van der Waals surface area contributed by atoms with Crippen LogP contribution in [0.5, 0.6) is 0 Å². The largest absolute Gasteiger partial charge is 0.368 e. The molecule has 4 heteroatoms. The van der Waals surface area contributed by atoms with Gasteiger partial charge in [0.1, 0.15) is 5.82 Å². The van der Waals surface area contributed by atoms with Gasteiger partial charge in [0, 0.05) is 45.2 Å². The Morgan fingerprint density at radius 3 is 2.36 bits per heavy atom. The summed E-state index contributed by atoms with van der Waals surface area (Å²) in [7, 11) is 0. The number of piperazine rings is 1. The lowest BCUT2D eigenvalue weighted by Crippen LogP contribution is -2.49. The minimum absolute atomic E-state index is 0.0306. The Bertz CT molecular complexity index is 964. The van der Waals surface area contributed by atoms with Crippen LogP contribution in [0.3, 0.4) is 0 Å². The van der Waals surface area contributed by atoms with Gasteiger partial charge in [-0.2, -0.15) is 0 Å². The van der Waals surface area contributed by atoms with E-state index in [2.05, 4.69) is 34.1 Å². The number of rotatable bonds is 4. The van der Waals surface area contributed by atoms with Crippen LogP contribution in [0.2, 0.25) is 0 Å². The quantitative estimate of drug-likeness (QED) is 0.611. The molecular formula is C29H37FN2O. The molecule has 3 fully saturated rings. The van der Waals surface area contributed by atoms with E-state index in [0.29, 0.717) is 5.92 Å². The third kappa shape index (κ3) is 4.62. The van der Waals surface area contributed by atoms with Crippen LogP contribution in [0.1, 0.15) is 72.8 Å². The Kier molecular flexibility index (Phi) is 6.25. The number of halogens is 1. The molecule has 0 N–H and O–H groups in total. The van der Waals surface area contributed by atoms with Gasteiger partial charge in [0.05, 0.1) is 12.2 Å². The second-order valence-electron chi connectivity index (χ2n) is 10.8. The zero-order chi connectivity index (χ0) is 22.2. The van der Waals surface area contributed by atoms with E-state index in [1.807, 2.05) is 6.07 Å². The van der Waals surface area contributed by atoms with Crippen molar-refractivity contribution in [3.8, 4) is 0 Å². The lowest BCUT2D eigenvalue weighted by molar-refractivity contribution is 0.00735. The summed E-state index contributed by atoms with van der Waals surface area (Å²) in [4.78, 5) is 5.30. The van der Waals surface area contributed by atoms with Gasteiger partial charge in [-0.1, -0.05) is 49.6 Å². The summed E-state index contributed by atoms with van der Waals surface area (Å²) in [6.45, 7) is 6.96. The van der Waals surface area contributed by atoms with Crippen LogP contribution in [0.25, 0.3) is 0 Å². The highest BCUT2D eigenvalue weighted by atomic mass is 19.1. The lowest BCUT2D eigenvalue weighted by Gasteiger charge is -2.38. The van der Waals surface area contributed by atoms with Crippen molar-refractivity contribution in [1.82, 2.24) is 9.80 Å². The molecule has 0 spiro atoms. The highest BCUT2D eigenvalue weighted by molar-refractivity contribution is 5.45. The second kappa shape index (κ2) is 9.48. The maximum absolute atomic E-state index is 14.2. The Labute approximate surface area is 197 Å². The van der Waals surface area contributed by atoms with Crippen LogP contribution >= 0.6 is 0 Å². The molecule has 6 rings (SSSR count). The Morgan fingerprint density at radius 1 is 0.818 bits per heavy atom. The van der Waals surface area contributed by atoms with Gasteiger partial charge >= 0.3 is 0 Å². The minimum atomic E-state index is -0.153. The third-order valence-electron chi connectivity index (χ3n) is 8.64. The van der Waals surface area contributed by atoms with Gasteiger partial charge in [-0.3, -0.25) is 4.90 Å². The molecule has 0 radical (unpaired) electrons. The van der Waals surface area contributed by atoms with Crippen molar-refractivity contribution in [2.24, 2.45) is 5.92 Å². The SMILES string of the molecule is Fc1ccc2c(c1)[C@@H]1O[C@@H](CN3CCN(CC4CCCCC4)CC3)C[C@@H]1c1ccccc1C2. The summed E-state index contributed by atoms with van der Waals surface area (Å²) in [5.41, 5.74) is 5.06. The zero-order valence-corrected chi connectivity index (χ0v) is 19.7. The minimum Gasteiger partial charge on any atom is -0.368 e. The van der Waals surface area contributed by atoms with Crippen molar-refractivity contribution in [1.29, 1.82) is 0 Å². The molecule has 3 nitrogen and oxygen atoms in total. The topological polar surface area (TPSA) is 15.7 Å². The van der Waals surface area contributed by atoms with Crippen molar-refractivity contribution in [3.63, 3.8) is 0 Å². The van der Waals surface area contributed by atoms with Crippen LogP contribution < -0.4 is 0 Å². The van der Waals surface area contributed by atoms with Crippen molar-refractivity contribution in [3.05, 3.63) is 70.5 Å². The van der Waals surface area contributed by atoms with Crippen molar-refractivity contribution >= 4 is 0 Å². The maximum atomic E-state index is 14.2. The van der Waals surface area contributed by atoms with Gasteiger partial charge in [0.25, 0.3) is 0 Å². The number of nitrogens with zero attached hydrogens (tertiary/aromatic N) is 2. The maximum Gasteiger partial charge on any atom is 0.123 e. The smallest absolute Gasteiger partial charge is 0.123 e. The zero-order valence-electron chi connectivity index (χ0n) is 19.7. The van der Waals surface area contributed by atoms with Gasteiger partial charge in [0.15, 0.2) is 0 Å². The highest BCUT2D eigenvalue weighted by Crippen LogP contribution is 2.49. The fourth-order valence-corrected chi connectivity index (χ4v) is 6.89. The summed E-state index contributed by atoms with van der Waals surface area (Å²) in [6, 6.07) is 14.1. The molecule has 0 bridgehead atoms. The predicted molar refractivity (Wildman–Crippen MR) is 130 cm³/mol.